The molecule has 25 heavy (non-hydrogen) atoms. The van der Waals surface area contributed by atoms with Crippen molar-refractivity contribution >= 4 is 5.57 Å². The molecule has 1 aromatic rings. The number of allylic oxidation sites excluding steroid dienone is 4. The third kappa shape index (κ3) is 3.37. The van der Waals surface area contributed by atoms with Gasteiger partial charge in [-0.3, -0.25) is 0 Å². The van der Waals surface area contributed by atoms with E-state index < -0.39 is 0 Å². The highest BCUT2D eigenvalue weighted by molar-refractivity contribution is 5.75. The topological polar surface area (TPSA) is 0 Å². The maximum atomic E-state index is 2.55. The number of hydrogen-bond donors (Lipinski definition) is 0. The first-order valence-electron chi connectivity index (χ1n) is 10.4. The molecule has 2 atom stereocenters. The quantitative estimate of drug-likeness (QED) is 0.479. The van der Waals surface area contributed by atoms with Crippen molar-refractivity contribution in [2.75, 3.05) is 0 Å². The van der Waals surface area contributed by atoms with Crippen molar-refractivity contribution in [3.63, 3.8) is 0 Å². The lowest BCUT2D eigenvalue weighted by molar-refractivity contribution is 0.278. The standard InChI is InChI=1S/C25H36/c1-6-10-19(7-2)20-12-14-21(15-13-20)22-16-18-25(5)17-9-8-11-23(25)24(22,3)4/h11-16,19H,6-10,17-18H2,1-5H3/t19?,25-/m0/s1. The van der Waals surface area contributed by atoms with Gasteiger partial charge in [-0.2, -0.15) is 0 Å². The molecule has 0 spiro atoms. The van der Waals surface area contributed by atoms with Crippen LogP contribution < -0.4 is 0 Å². The molecule has 1 aromatic carbocycles. The SMILES string of the molecule is CCCC(CC)c1ccc(C2=CC[C@]3(C)CCCC=C3C2(C)C)cc1. The Morgan fingerprint density at radius 2 is 1.72 bits per heavy atom. The highest BCUT2D eigenvalue weighted by Gasteiger charge is 2.43. The zero-order valence-corrected chi connectivity index (χ0v) is 17.0. The third-order valence-corrected chi connectivity index (χ3v) is 6.86. The van der Waals surface area contributed by atoms with E-state index in [9.17, 15) is 0 Å². The van der Waals surface area contributed by atoms with Crippen molar-refractivity contribution in [1.29, 1.82) is 0 Å². The lowest BCUT2D eigenvalue weighted by Gasteiger charge is -2.48. The molecule has 0 N–H and O–H groups in total. The minimum Gasteiger partial charge on any atom is -0.0839 e. The van der Waals surface area contributed by atoms with Gasteiger partial charge in [0.25, 0.3) is 0 Å². The molecule has 0 fully saturated rings. The van der Waals surface area contributed by atoms with Crippen LogP contribution in [0.3, 0.4) is 0 Å². The zero-order valence-electron chi connectivity index (χ0n) is 17.0. The Morgan fingerprint density at radius 1 is 1.00 bits per heavy atom. The minimum absolute atomic E-state index is 0.155. The lowest BCUT2D eigenvalue weighted by atomic mass is 9.56. The summed E-state index contributed by atoms with van der Waals surface area (Å²) in [6.07, 6.45) is 14.1. The fourth-order valence-corrected chi connectivity index (χ4v) is 5.44. The van der Waals surface area contributed by atoms with Gasteiger partial charge in [0.1, 0.15) is 0 Å². The van der Waals surface area contributed by atoms with Gasteiger partial charge in [0, 0.05) is 5.41 Å². The van der Waals surface area contributed by atoms with E-state index in [1.165, 1.54) is 61.6 Å². The first kappa shape index (κ1) is 18.5. The Kier molecular flexibility index (Phi) is 5.28. The van der Waals surface area contributed by atoms with Gasteiger partial charge in [-0.05, 0) is 66.6 Å². The molecule has 0 aromatic heterocycles. The third-order valence-electron chi connectivity index (χ3n) is 6.86. The molecule has 0 nitrogen and oxygen atoms in total. The van der Waals surface area contributed by atoms with Crippen LogP contribution in [0, 0.1) is 10.8 Å². The van der Waals surface area contributed by atoms with Crippen molar-refractivity contribution in [3.05, 3.63) is 53.1 Å². The molecule has 0 saturated carbocycles. The number of hydrogen-bond acceptors (Lipinski definition) is 0. The largest absolute Gasteiger partial charge is 0.0839 e. The molecule has 0 heterocycles. The summed E-state index contributed by atoms with van der Waals surface area (Å²) < 4.78 is 0. The van der Waals surface area contributed by atoms with Gasteiger partial charge in [0.05, 0.1) is 0 Å². The summed E-state index contributed by atoms with van der Waals surface area (Å²) in [5, 5.41) is 0. The van der Waals surface area contributed by atoms with Gasteiger partial charge in [-0.15, -0.1) is 0 Å². The maximum absolute atomic E-state index is 2.55. The zero-order chi connectivity index (χ0) is 18.1. The summed E-state index contributed by atoms with van der Waals surface area (Å²) in [5.74, 6) is 0.719. The molecular weight excluding hydrogens is 300 g/mol. The Hall–Kier alpha value is -1.30. The van der Waals surface area contributed by atoms with Crippen molar-refractivity contribution in [3.8, 4) is 0 Å². The van der Waals surface area contributed by atoms with Gasteiger partial charge in [0.15, 0.2) is 0 Å². The van der Waals surface area contributed by atoms with Gasteiger partial charge in [-0.25, -0.2) is 0 Å². The van der Waals surface area contributed by atoms with Crippen LogP contribution in [0.1, 0.15) is 96.6 Å². The monoisotopic (exact) mass is 336 g/mol. The van der Waals surface area contributed by atoms with Crippen LogP contribution in [-0.2, 0) is 0 Å². The molecule has 2 aliphatic rings. The van der Waals surface area contributed by atoms with Crippen molar-refractivity contribution in [1.82, 2.24) is 0 Å². The summed E-state index contributed by atoms with van der Waals surface area (Å²) in [5.41, 5.74) is 6.71. The molecule has 3 rings (SSSR count). The van der Waals surface area contributed by atoms with E-state index in [4.69, 9.17) is 0 Å². The van der Waals surface area contributed by atoms with Crippen LogP contribution in [0.15, 0.2) is 42.0 Å². The molecular formula is C25H36. The fraction of sp³-hybridized carbons (Fsp3) is 0.600. The molecule has 136 valence electrons. The van der Waals surface area contributed by atoms with Crippen LogP contribution in [0.25, 0.3) is 5.57 Å². The highest BCUT2D eigenvalue weighted by Crippen LogP contribution is 2.57. The van der Waals surface area contributed by atoms with Crippen LogP contribution in [0.5, 0.6) is 0 Å². The summed E-state index contributed by atoms with van der Waals surface area (Å²) in [7, 11) is 0. The predicted octanol–water partition coefficient (Wildman–Crippen LogP) is 7.91. The lowest BCUT2D eigenvalue weighted by Crippen LogP contribution is -2.35. The van der Waals surface area contributed by atoms with E-state index in [1.807, 2.05) is 0 Å². The van der Waals surface area contributed by atoms with Crippen LogP contribution in [0.2, 0.25) is 0 Å². The Balaban J connectivity index is 1.91. The van der Waals surface area contributed by atoms with Crippen molar-refractivity contribution in [2.45, 2.75) is 85.5 Å². The molecule has 1 unspecified atom stereocenters. The van der Waals surface area contributed by atoms with E-state index >= 15 is 0 Å². The summed E-state index contributed by atoms with van der Waals surface area (Å²) >= 11 is 0. The Bertz CT molecular complexity index is 656. The average molecular weight is 337 g/mol. The second kappa shape index (κ2) is 7.14. The maximum Gasteiger partial charge on any atom is 0.0113 e. The Labute approximate surface area is 155 Å². The van der Waals surface area contributed by atoms with Gasteiger partial charge < -0.3 is 0 Å². The Morgan fingerprint density at radius 3 is 2.36 bits per heavy atom. The molecule has 2 aliphatic carbocycles. The number of rotatable bonds is 5. The molecule has 0 heteroatoms. The minimum atomic E-state index is 0.155. The molecule has 0 bridgehead atoms. The van der Waals surface area contributed by atoms with E-state index in [1.54, 1.807) is 5.57 Å². The summed E-state index contributed by atoms with van der Waals surface area (Å²) in [4.78, 5) is 0. The number of benzene rings is 1. The molecule has 0 amide bonds. The van der Waals surface area contributed by atoms with Gasteiger partial charge in [0.2, 0.25) is 0 Å². The van der Waals surface area contributed by atoms with Gasteiger partial charge >= 0.3 is 0 Å². The van der Waals surface area contributed by atoms with E-state index in [0.29, 0.717) is 5.41 Å². The number of fused-ring (bicyclic) bond motifs is 1. The van der Waals surface area contributed by atoms with Crippen molar-refractivity contribution in [2.24, 2.45) is 10.8 Å². The normalized spacial score (nSPS) is 26.4. The first-order chi connectivity index (χ1) is 11.9. The van der Waals surface area contributed by atoms with Crippen LogP contribution in [-0.4, -0.2) is 0 Å². The summed E-state index contributed by atoms with van der Waals surface area (Å²) in [6.45, 7) is 12.0. The molecule has 0 radical (unpaired) electrons. The second-order valence-electron chi connectivity index (χ2n) is 9.03. The van der Waals surface area contributed by atoms with E-state index in [0.717, 1.165) is 5.92 Å². The molecule has 0 saturated heterocycles. The fourth-order valence-electron chi connectivity index (χ4n) is 5.44. The van der Waals surface area contributed by atoms with E-state index in [2.05, 4.69) is 71.0 Å². The summed E-state index contributed by atoms with van der Waals surface area (Å²) in [6, 6.07) is 9.54. The van der Waals surface area contributed by atoms with Gasteiger partial charge in [-0.1, -0.05) is 83.0 Å². The first-order valence-corrected chi connectivity index (χ1v) is 10.4. The van der Waals surface area contributed by atoms with Crippen LogP contribution >= 0.6 is 0 Å². The van der Waals surface area contributed by atoms with Crippen LogP contribution in [0.4, 0.5) is 0 Å². The van der Waals surface area contributed by atoms with E-state index in [-0.39, 0.29) is 5.41 Å². The highest BCUT2D eigenvalue weighted by atomic mass is 14.5. The molecule has 0 aliphatic heterocycles. The second-order valence-corrected chi connectivity index (χ2v) is 9.03. The van der Waals surface area contributed by atoms with Crippen molar-refractivity contribution < 1.29 is 0 Å². The predicted molar refractivity (Wildman–Crippen MR) is 111 cm³/mol. The average Bonchev–Trinajstić information content (AvgIpc) is 2.60. The smallest absolute Gasteiger partial charge is 0.0113 e.